The molecule has 2 aromatic carbocycles. The van der Waals surface area contributed by atoms with Crippen molar-refractivity contribution < 1.29 is 14.3 Å². The zero-order valence-corrected chi connectivity index (χ0v) is 17.9. The third kappa shape index (κ3) is 6.34. The minimum atomic E-state index is -0.0448. The summed E-state index contributed by atoms with van der Waals surface area (Å²) in [4.78, 5) is 12.4. The van der Waals surface area contributed by atoms with Gasteiger partial charge >= 0.3 is 0 Å². The predicted octanol–water partition coefficient (Wildman–Crippen LogP) is 2.22. The lowest BCUT2D eigenvalue weighted by molar-refractivity contribution is 0.0967. The molecule has 0 aliphatic heterocycles. The van der Waals surface area contributed by atoms with Crippen LogP contribution < -0.4 is 20.6 Å². The molecule has 0 unspecified atom stereocenters. The van der Waals surface area contributed by atoms with Crippen LogP contribution in [0.5, 0.6) is 11.5 Å². The molecule has 0 atom stereocenters. The molecule has 0 radical (unpaired) electrons. The molecule has 3 N–H and O–H groups in total. The van der Waals surface area contributed by atoms with Gasteiger partial charge in [0.1, 0.15) is 18.8 Å². The number of benzene rings is 2. The number of aromatic nitrogens is 3. The predicted molar refractivity (Wildman–Crippen MR) is 120 cm³/mol. The Morgan fingerprint density at radius 3 is 2.74 bits per heavy atom. The van der Waals surface area contributed by atoms with E-state index in [1.807, 2.05) is 25.1 Å². The van der Waals surface area contributed by atoms with Crippen LogP contribution in [0.25, 0.3) is 0 Å². The number of nitrogens with two attached hydrogens (primary N) is 1. The van der Waals surface area contributed by atoms with Gasteiger partial charge in [-0.1, -0.05) is 35.0 Å². The number of hydrazone groups is 1. The molecule has 3 aromatic rings. The van der Waals surface area contributed by atoms with Gasteiger partial charge in [-0.25, -0.2) is 4.68 Å². The van der Waals surface area contributed by atoms with Gasteiger partial charge in [0.2, 0.25) is 0 Å². The van der Waals surface area contributed by atoms with Crippen LogP contribution in [-0.4, -0.2) is 39.2 Å². The Balaban J connectivity index is 1.63. The number of methoxy groups -OCH3 is 1. The molecular weight excluding hydrogens is 416 g/mol. The van der Waals surface area contributed by atoms with Gasteiger partial charge in [0.05, 0.1) is 19.5 Å². The summed E-state index contributed by atoms with van der Waals surface area (Å²) in [5.74, 6) is 1.02. The Morgan fingerprint density at radius 1 is 1.26 bits per heavy atom. The summed E-state index contributed by atoms with van der Waals surface area (Å²) < 4.78 is 12.7. The zero-order valence-electron chi connectivity index (χ0n) is 17.1. The number of hydrogen-bond donors (Lipinski definition) is 2. The van der Waals surface area contributed by atoms with Crippen LogP contribution in [0.4, 0.5) is 0 Å². The first-order valence-electron chi connectivity index (χ1n) is 9.33. The number of carbonyl (C=O) groups excluding carboxylic acids is 1. The third-order valence-corrected chi connectivity index (χ3v) is 4.31. The molecule has 9 nitrogen and oxygen atoms in total. The van der Waals surface area contributed by atoms with Crippen LogP contribution in [0, 0.1) is 6.92 Å². The molecule has 31 heavy (non-hydrogen) atoms. The normalized spacial score (nSPS) is 10.8. The number of ether oxygens (including phenoxy) is 2. The van der Waals surface area contributed by atoms with Crippen molar-refractivity contribution in [1.29, 1.82) is 0 Å². The Hall–Kier alpha value is -3.79. The second-order valence-corrected chi connectivity index (χ2v) is 7.07. The van der Waals surface area contributed by atoms with Crippen molar-refractivity contribution in [3.8, 4) is 11.5 Å². The number of nitrogens with zero attached hydrogens (tertiary/aromatic N) is 4. The highest BCUT2D eigenvalue weighted by Crippen LogP contribution is 2.28. The van der Waals surface area contributed by atoms with Crippen LogP contribution in [0.15, 0.2) is 53.8 Å². The van der Waals surface area contributed by atoms with Gasteiger partial charge in [-0.2, -0.15) is 5.10 Å². The number of thiocarbonyl (C=S) groups is 1. The average molecular weight is 439 g/mol. The largest absolute Gasteiger partial charge is 0.493 e. The lowest BCUT2D eigenvalue weighted by atomic mass is 10.1. The van der Waals surface area contributed by atoms with Crippen LogP contribution in [0.3, 0.4) is 0 Å². The van der Waals surface area contributed by atoms with Gasteiger partial charge in [0.15, 0.2) is 22.4 Å². The average Bonchev–Trinajstić information content (AvgIpc) is 3.19. The van der Waals surface area contributed by atoms with E-state index in [1.54, 1.807) is 43.8 Å². The van der Waals surface area contributed by atoms with E-state index in [4.69, 9.17) is 27.4 Å². The van der Waals surface area contributed by atoms with Crippen molar-refractivity contribution in [2.24, 2.45) is 10.8 Å². The lowest BCUT2D eigenvalue weighted by Crippen LogP contribution is -2.23. The molecule has 0 saturated heterocycles. The molecule has 1 heterocycles. The number of aryl methyl sites for hydroxylation is 1. The topological polar surface area (TPSA) is 117 Å². The van der Waals surface area contributed by atoms with Gasteiger partial charge in [-0.3, -0.25) is 10.2 Å². The van der Waals surface area contributed by atoms with Crippen molar-refractivity contribution in [3.05, 3.63) is 71.0 Å². The summed E-state index contributed by atoms with van der Waals surface area (Å²) in [7, 11) is 1.55. The summed E-state index contributed by atoms with van der Waals surface area (Å²) in [6, 6.07) is 12.7. The highest BCUT2D eigenvalue weighted by Gasteiger charge is 2.11. The molecule has 0 aliphatic carbocycles. The van der Waals surface area contributed by atoms with E-state index in [2.05, 4.69) is 20.8 Å². The van der Waals surface area contributed by atoms with Gasteiger partial charge in [0.25, 0.3) is 0 Å². The number of hydrogen-bond acceptors (Lipinski definition) is 7. The number of ketones is 1. The molecular formula is C21H22N6O3S. The summed E-state index contributed by atoms with van der Waals surface area (Å²) in [5.41, 5.74) is 10.9. The van der Waals surface area contributed by atoms with Crippen LogP contribution in [0.2, 0.25) is 0 Å². The van der Waals surface area contributed by atoms with Gasteiger partial charge in [0, 0.05) is 5.56 Å². The lowest BCUT2D eigenvalue weighted by Gasteiger charge is -2.10. The maximum atomic E-state index is 12.4. The summed E-state index contributed by atoms with van der Waals surface area (Å²) in [6.45, 7) is 2.23. The van der Waals surface area contributed by atoms with E-state index in [1.165, 1.54) is 4.68 Å². The number of carbonyl (C=O) groups is 1. The van der Waals surface area contributed by atoms with E-state index in [0.717, 1.165) is 11.1 Å². The van der Waals surface area contributed by atoms with Crippen LogP contribution in [0.1, 0.15) is 27.2 Å². The van der Waals surface area contributed by atoms with E-state index in [9.17, 15) is 4.79 Å². The van der Waals surface area contributed by atoms with Crippen molar-refractivity contribution >= 4 is 29.3 Å². The SMILES string of the molecule is COc1ccc(/C=N/NC(N)=S)cc1OCc1cn(CC(=O)c2ccc(C)cc2)nn1. The Labute approximate surface area is 184 Å². The van der Waals surface area contributed by atoms with E-state index < -0.39 is 0 Å². The molecule has 0 amide bonds. The highest BCUT2D eigenvalue weighted by atomic mass is 32.1. The van der Waals surface area contributed by atoms with Crippen molar-refractivity contribution in [1.82, 2.24) is 20.4 Å². The van der Waals surface area contributed by atoms with E-state index >= 15 is 0 Å². The number of rotatable bonds is 9. The minimum Gasteiger partial charge on any atom is -0.493 e. The third-order valence-electron chi connectivity index (χ3n) is 4.22. The number of Topliss-reactive ketones (excluding diaryl/α,β-unsaturated/α-hetero) is 1. The molecule has 0 fully saturated rings. The first-order chi connectivity index (χ1) is 14.9. The van der Waals surface area contributed by atoms with E-state index in [-0.39, 0.29) is 24.0 Å². The number of nitrogens with one attached hydrogen (secondary N) is 1. The smallest absolute Gasteiger partial charge is 0.184 e. The van der Waals surface area contributed by atoms with Crippen LogP contribution >= 0.6 is 12.2 Å². The van der Waals surface area contributed by atoms with Crippen LogP contribution in [-0.2, 0) is 13.2 Å². The molecule has 160 valence electrons. The fourth-order valence-electron chi connectivity index (χ4n) is 2.67. The molecule has 10 heteroatoms. The monoisotopic (exact) mass is 438 g/mol. The Kier molecular flexibility index (Phi) is 7.28. The summed E-state index contributed by atoms with van der Waals surface area (Å²) >= 11 is 4.71. The van der Waals surface area contributed by atoms with Crippen molar-refractivity contribution in [3.63, 3.8) is 0 Å². The van der Waals surface area contributed by atoms with Gasteiger partial charge < -0.3 is 15.2 Å². The van der Waals surface area contributed by atoms with Crippen molar-refractivity contribution in [2.45, 2.75) is 20.1 Å². The second-order valence-electron chi connectivity index (χ2n) is 6.63. The molecule has 0 aliphatic rings. The van der Waals surface area contributed by atoms with E-state index in [0.29, 0.717) is 22.8 Å². The maximum absolute atomic E-state index is 12.4. The molecule has 0 saturated carbocycles. The maximum Gasteiger partial charge on any atom is 0.184 e. The molecule has 0 spiro atoms. The fraction of sp³-hybridized carbons (Fsp3) is 0.190. The summed E-state index contributed by atoms with van der Waals surface area (Å²) in [6.07, 6.45) is 3.23. The first kappa shape index (κ1) is 21.9. The molecule has 1 aromatic heterocycles. The quantitative estimate of drug-likeness (QED) is 0.226. The zero-order chi connectivity index (χ0) is 22.2. The van der Waals surface area contributed by atoms with Gasteiger partial charge in [-0.05, 0) is 42.9 Å². The second kappa shape index (κ2) is 10.3. The molecule has 3 rings (SSSR count). The highest BCUT2D eigenvalue weighted by molar-refractivity contribution is 7.80. The standard InChI is InChI=1S/C21H22N6O3S/c1-14-3-6-16(7-4-14)18(28)12-27-11-17(24-26-27)13-30-20-9-15(5-8-19(20)29-2)10-23-25-21(22)31/h3-11H,12-13H2,1-2H3,(H3,22,25,31)/b23-10+. The Bertz CT molecular complexity index is 1090. The first-order valence-corrected chi connectivity index (χ1v) is 9.73. The van der Waals surface area contributed by atoms with Gasteiger partial charge in [-0.15, -0.1) is 5.10 Å². The fourth-order valence-corrected chi connectivity index (χ4v) is 2.72. The molecule has 0 bridgehead atoms. The Morgan fingerprint density at radius 2 is 2.03 bits per heavy atom. The minimum absolute atomic E-state index is 0.0448. The summed E-state index contributed by atoms with van der Waals surface area (Å²) in [5, 5.41) is 12.1. The van der Waals surface area contributed by atoms with Crippen molar-refractivity contribution in [2.75, 3.05) is 7.11 Å².